The zero-order chi connectivity index (χ0) is 26.2. The minimum atomic E-state index is -0.988. The van der Waals surface area contributed by atoms with Crippen LogP contribution >= 0.6 is 0 Å². The molecule has 8 heteroatoms. The summed E-state index contributed by atoms with van der Waals surface area (Å²) < 4.78 is 11.3. The molecule has 1 amide bonds. The number of benzene rings is 3. The van der Waals surface area contributed by atoms with Crippen LogP contribution < -0.4 is 14.8 Å². The van der Waals surface area contributed by atoms with Gasteiger partial charge in [0.25, 0.3) is 5.91 Å². The molecule has 0 atom stereocenters. The van der Waals surface area contributed by atoms with E-state index < -0.39 is 11.9 Å². The predicted molar refractivity (Wildman–Crippen MR) is 139 cm³/mol. The molecule has 0 bridgehead atoms. The van der Waals surface area contributed by atoms with Crippen LogP contribution in [0.4, 0.5) is 0 Å². The van der Waals surface area contributed by atoms with Gasteiger partial charge in [0, 0.05) is 23.6 Å². The lowest BCUT2D eigenvalue weighted by Crippen LogP contribution is -2.26. The van der Waals surface area contributed by atoms with E-state index in [0.29, 0.717) is 30.0 Å². The quantitative estimate of drug-likeness (QED) is 0.216. The number of carbonyl (C=O) groups excluding carboxylic acids is 1. The number of aromatic nitrogens is 1. The van der Waals surface area contributed by atoms with Gasteiger partial charge >= 0.3 is 5.97 Å². The fourth-order valence-corrected chi connectivity index (χ4v) is 3.86. The van der Waals surface area contributed by atoms with Gasteiger partial charge in [-0.3, -0.25) is 4.79 Å². The molecule has 0 aliphatic heterocycles. The summed E-state index contributed by atoms with van der Waals surface area (Å²) >= 11 is 0. The molecule has 0 aliphatic carbocycles. The van der Waals surface area contributed by atoms with Crippen LogP contribution in [-0.4, -0.2) is 35.6 Å². The van der Waals surface area contributed by atoms with E-state index >= 15 is 0 Å². The maximum Gasteiger partial charge on any atom is 0.335 e. The molecule has 0 spiro atoms. The Morgan fingerprint density at radius 3 is 2.59 bits per heavy atom. The average molecular weight is 496 g/mol. The van der Waals surface area contributed by atoms with E-state index in [1.54, 1.807) is 30.3 Å². The molecule has 1 heterocycles. The Balaban J connectivity index is 1.38. The summed E-state index contributed by atoms with van der Waals surface area (Å²) in [5.41, 5.74) is 3.72. The van der Waals surface area contributed by atoms with Crippen molar-refractivity contribution in [3.63, 3.8) is 0 Å². The number of H-pyrrole nitrogens is 1. The first-order valence-corrected chi connectivity index (χ1v) is 11.6. The molecule has 37 heavy (non-hydrogen) atoms. The summed E-state index contributed by atoms with van der Waals surface area (Å²) in [7, 11) is 1.50. The summed E-state index contributed by atoms with van der Waals surface area (Å²) in [6.07, 6.45) is 4.06. The van der Waals surface area contributed by atoms with Crippen molar-refractivity contribution in [2.75, 3.05) is 13.7 Å². The fourth-order valence-electron chi connectivity index (χ4n) is 3.86. The smallest absolute Gasteiger partial charge is 0.335 e. The average Bonchev–Trinajstić information content (AvgIpc) is 3.34. The van der Waals surface area contributed by atoms with Crippen molar-refractivity contribution < 1.29 is 24.2 Å². The van der Waals surface area contributed by atoms with Crippen molar-refractivity contribution in [2.45, 2.75) is 13.0 Å². The van der Waals surface area contributed by atoms with E-state index in [4.69, 9.17) is 14.6 Å². The molecular weight excluding hydrogens is 470 g/mol. The number of amides is 1. The van der Waals surface area contributed by atoms with E-state index in [2.05, 4.69) is 10.3 Å². The van der Waals surface area contributed by atoms with Crippen LogP contribution in [0.25, 0.3) is 17.0 Å². The lowest BCUT2D eigenvalue weighted by molar-refractivity contribution is -0.117. The van der Waals surface area contributed by atoms with E-state index in [9.17, 15) is 14.9 Å². The number of nitrogens with zero attached hydrogens (tertiary/aromatic N) is 1. The summed E-state index contributed by atoms with van der Waals surface area (Å²) in [6.45, 7) is 0.608. The van der Waals surface area contributed by atoms with Crippen LogP contribution in [-0.2, 0) is 17.8 Å². The van der Waals surface area contributed by atoms with E-state index in [1.807, 2.05) is 36.5 Å². The number of carboxylic acid groups (broad SMARTS) is 1. The van der Waals surface area contributed by atoms with Gasteiger partial charge in [0.1, 0.15) is 18.2 Å². The number of nitriles is 1. The van der Waals surface area contributed by atoms with Gasteiger partial charge in [0.05, 0.1) is 12.7 Å². The van der Waals surface area contributed by atoms with Crippen LogP contribution in [0.5, 0.6) is 11.5 Å². The number of fused-ring (bicyclic) bond motifs is 1. The van der Waals surface area contributed by atoms with Gasteiger partial charge in [-0.05, 0) is 59.5 Å². The van der Waals surface area contributed by atoms with Gasteiger partial charge in [-0.1, -0.05) is 36.4 Å². The highest BCUT2D eigenvalue weighted by molar-refractivity contribution is 6.01. The van der Waals surface area contributed by atoms with E-state index in [-0.39, 0.29) is 17.7 Å². The summed E-state index contributed by atoms with van der Waals surface area (Å²) in [5, 5.41) is 22.5. The number of nitrogens with one attached hydrogen (secondary N) is 2. The molecule has 0 unspecified atom stereocenters. The van der Waals surface area contributed by atoms with Crippen molar-refractivity contribution in [3.8, 4) is 17.6 Å². The van der Waals surface area contributed by atoms with E-state index in [1.165, 1.54) is 25.3 Å². The SMILES string of the molecule is COc1cc(/C=C(/C#N)C(=O)NCCc2c[nH]c3ccccc23)ccc1OCc1ccc(C(=O)O)cc1. The monoisotopic (exact) mass is 495 g/mol. The van der Waals surface area contributed by atoms with Crippen molar-refractivity contribution in [1.29, 1.82) is 5.26 Å². The Morgan fingerprint density at radius 2 is 1.86 bits per heavy atom. The number of rotatable bonds is 10. The lowest BCUT2D eigenvalue weighted by atomic mass is 10.1. The van der Waals surface area contributed by atoms with Crippen LogP contribution in [0, 0.1) is 11.3 Å². The first-order chi connectivity index (χ1) is 18.0. The highest BCUT2D eigenvalue weighted by Crippen LogP contribution is 2.30. The second-order valence-corrected chi connectivity index (χ2v) is 8.24. The number of ether oxygens (including phenoxy) is 2. The largest absolute Gasteiger partial charge is 0.493 e. The summed E-state index contributed by atoms with van der Waals surface area (Å²) in [4.78, 5) is 26.8. The first-order valence-electron chi connectivity index (χ1n) is 11.6. The van der Waals surface area contributed by atoms with Gasteiger partial charge in [-0.15, -0.1) is 0 Å². The third-order valence-corrected chi connectivity index (χ3v) is 5.81. The normalized spacial score (nSPS) is 11.1. The molecule has 0 aliphatic rings. The maximum atomic E-state index is 12.6. The van der Waals surface area contributed by atoms with E-state index in [0.717, 1.165) is 22.0 Å². The molecule has 0 fully saturated rings. The molecule has 186 valence electrons. The lowest BCUT2D eigenvalue weighted by Gasteiger charge is -2.12. The van der Waals surface area contributed by atoms with Crippen molar-refractivity contribution in [1.82, 2.24) is 10.3 Å². The number of aromatic amines is 1. The third-order valence-electron chi connectivity index (χ3n) is 5.81. The Hall–Kier alpha value is -5.03. The minimum Gasteiger partial charge on any atom is -0.493 e. The maximum absolute atomic E-state index is 12.6. The Bertz CT molecular complexity index is 1500. The zero-order valence-corrected chi connectivity index (χ0v) is 20.2. The molecule has 0 saturated heterocycles. The zero-order valence-electron chi connectivity index (χ0n) is 20.2. The third kappa shape index (κ3) is 6.16. The Kier molecular flexibility index (Phi) is 7.86. The molecule has 4 aromatic rings. The Labute approximate surface area is 213 Å². The molecule has 3 aromatic carbocycles. The van der Waals surface area contributed by atoms with Gasteiger partial charge < -0.3 is 24.9 Å². The summed E-state index contributed by atoms with van der Waals surface area (Å²) in [5.74, 6) is -0.527. The Morgan fingerprint density at radius 1 is 1.08 bits per heavy atom. The highest BCUT2D eigenvalue weighted by atomic mass is 16.5. The number of hydrogen-bond acceptors (Lipinski definition) is 5. The molecular formula is C29H25N3O5. The highest BCUT2D eigenvalue weighted by Gasteiger charge is 2.12. The first kappa shape index (κ1) is 25.1. The second kappa shape index (κ2) is 11.6. The standard InChI is InChI=1S/C29H25N3O5/c1-36-27-15-20(8-11-26(27)37-18-19-6-9-21(10-7-19)29(34)35)14-23(16-30)28(33)31-13-12-22-17-32-25-5-3-2-4-24(22)25/h2-11,14-15,17,32H,12-13,18H2,1H3,(H,31,33)(H,34,35)/b23-14-. The van der Waals surface area contributed by atoms with Gasteiger partial charge in [0.2, 0.25) is 0 Å². The van der Waals surface area contributed by atoms with Gasteiger partial charge in [-0.2, -0.15) is 5.26 Å². The molecule has 1 aromatic heterocycles. The molecule has 0 radical (unpaired) electrons. The summed E-state index contributed by atoms with van der Waals surface area (Å²) in [6, 6.07) is 21.4. The van der Waals surface area contributed by atoms with Crippen LogP contribution in [0.1, 0.15) is 27.0 Å². The fraction of sp³-hybridized carbons (Fsp3) is 0.138. The number of methoxy groups -OCH3 is 1. The van der Waals surface area contributed by atoms with Crippen LogP contribution in [0.3, 0.4) is 0 Å². The number of para-hydroxylation sites is 1. The minimum absolute atomic E-state index is 0.0202. The number of carbonyl (C=O) groups is 2. The predicted octanol–water partition coefficient (Wildman–Crippen LogP) is 4.72. The topological polar surface area (TPSA) is 124 Å². The number of hydrogen-bond donors (Lipinski definition) is 3. The molecule has 8 nitrogen and oxygen atoms in total. The van der Waals surface area contributed by atoms with Crippen LogP contribution in [0.2, 0.25) is 0 Å². The van der Waals surface area contributed by atoms with Crippen molar-refractivity contribution in [3.05, 3.63) is 101 Å². The molecule has 0 saturated carbocycles. The number of aromatic carboxylic acids is 1. The van der Waals surface area contributed by atoms with Crippen LogP contribution in [0.15, 0.2) is 78.5 Å². The van der Waals surface area contributed by atoms with Gasteiger partial charge in [-0.25, -0.2) is 4.79 Å². The molecule has 3 N–H and O–H groups in total. The van der Waals surface area contributed by atoms with Crippen molar-refractivity contribution in [2.24, 2.45) is 0 Å². The van der Waals surface area contributed by atoms with Crippen molar-refractivity contribution >= 4 is 28.9 Å². The second-order valence-electron chi connectivity index (χ2n) is 8.24. The number of carboxylic acids is 1. The molecule has 4 rings (SSSR count). The van der Waals surface area contributed by atoms with Gasteiger partial charge in [0.15, 0.2) is 11.5 Å².